The molecule has 1 atom stereocenters. The molecule has 0 saturated carbocycles. The highest BCUT2D eigenvalue weighted by Crippen LogP contribution is 2.11. The molecule has 2 rings (SSSR count). The molecule has 0 heterocycles. The maximum absolute atomic E-state index is 11.9. The van der Waals surface area contributed by atoms with E-state index in [1.54, 1.807) is 31.2 Å². The predicted octanol–water partition coefficient (Wildman–Crippen LogP) is 3.19. The molecular weight excluding hydrogens is 280 g/mol. The third kappa shape index (κ3) is 4.45. The van der Waals surface area contributed by atoms with E-state index in [9.17, 15) is 9.59 Å². The summed E-state index contributed by atoms with van der Waals surface area (Å²) in [7, 11) is 0. The number of esters is 1. The summed E-state index contributed by atoms with van der Waals surface area (Å²) in [6.07, 6.45) is -0.770. The summed E-state index contributed by atoms with van der Waals surface area (Å²) in [5.41, 5.74) is 1.59. The molecule has 0 aliphatic rings. The number of hydrogen-bond acceptors (Lipinski definition) is 4. The van der Waals surface area contributed by atoms with E-state index in [1.807, 2.05) is 37.3 Å². The van der Waals surface area contributed by atoms with Gasteiger partial charge in [-0.05, 0) is 26.0 Å². The third-order valence-corrected chi connectivity index (χ3v) is 3.11. The molecule has 0 N–H and O–H groups in total. The van der Waals surface area contributed by atoms with E-state index in [-0.39, 0.29) is 12.4 Å². The van der Waals surface area contributed by atoms with E-state index >= 15 is 0 Å². The zero-order valence-corrected chi connectivity index (χ0v) is 12.6. The van der Waals surface area contributed by atoms with E-state index < -0.39 is 12.1 Å². The van der Waals surface area contributed by atoms with Crippen molar-refractivity contribution in [2.75, 3.05) is 6.61 Å². The van der Waals surface area contributed by atoms with Crippen LogP contribution in [0.2, 0.25) is 0 Å². The van der Waals surface area contributed by atoms with Gasteiger partial charge in [-0.15, -0.1) is 0 Å². The van der Waals surface area contributed by atoms with Gasteiger partial charge in [0, 0.05) is 5.56 Å². The van der Waals surface area contributed by atoms with Crippen molar-refractivity contribution >= 4 is 11.8 Å². The van der Waals surface area contributed by atoms with Gasteiger partial charge in [0.25, 0.3) is 0 Å². The second-order valence-electron chi connectivity index (χ2n) is 4.97. The van der Waals surface area contributed by atoms with Crippen LogP contribution >= 0.6 is 0 Å². The second-order valence-corrected chi connectivity index (χ2v) is 4.97. The average molecular weight is 298 g/mol. The van der Waals surface area contributed by atoms with Crippen molar-refractivity contribution < 1.29 is 19.1 Å². The van der Waals surface area contributed by atoms with Crippen molar-refractivity contribution in [1.82, 2.24) is 0 Å². The maximum Gasteiger partial charge on any atom is 0.347 e. The molecule has 0 aliphatic heterocycles. The highest BCUT2D eigenvalue weighted by Gasteiger charge is 2.18. The zero-order chi connectivity index (χ0) is 15.9. The molecule has 0 aliphatic carbocycles. The number of ketones is 1. The predicted molar refractivity (Wildman–Crippen MR) is 83.0 cm³/mol. The first kappa shape index (κ1) is 15.8. The molecule has 0 saturated heterocycles. The number of carbonyl (C=O) groups excluding carboxylic acids is 2. The summed E-state index contributed by atoms with van der Waals surface area (Å²) in [5, 5.41) is 0. The molecule has 0 radical (unpaired) electrons. The summed E-state index contributed by atoms with van der Waals surface area (Å²) in [5.74, 6) is -0.221. The fraction of sp³-hybridized carbons (Fsp3) is 0.222. The summed E-state index contributed by atoms with van der Waals surface area (Å²) in [6, 6.07) is 16.1. The number of benzene rings is 2. The van der Waals surface area contributed by atoms with E-state index in [2.05, 4.69) is 0 Å². The largest absolute Gasteiger partial charge is 0.479 e. The van der Waals surface area contributed by atoms with Gasteiger partial charge in [-0.1, -0.05) is 48.0 Å². The maximum atomic E-state index is 11.9. The number of Topliss-reactive ketones (excluding diaryl/α,β-unsaturated/α-hetero) is 1. The van der Waals surface area contributed by atoms with E-state index in [4.69, 9.17) is 9.47 Å². The van der Waals surface area contributed by atoms with Gasteiger partial charge < -0.3 is 9.47 Å². The van der Waals surface area contributed by atoms with Crippen LogP contribution in [0.4, 0.5) is 0 Å². The van der Waals surface area contributed by atoms with Crippen molar-refractivity contribution in [2.24, 2.45) is 0 Å². The van der Waals surface area contributed by atoms with E-state index in [0.717, 1.165) is 5.56 Å². The molecule has 1 unspecified atom stereocenters. The zero-order valence-electron chi connectivity index (χ0n) is 12.6. The van der Waals surface area contributed by atoms with Gasteiger partial charge in [0.15, 0.2) is 18.5 Å². The minimum Gasteiger partial charge on any atom is -0.479 e. The second kappa shape index (κ2) is 7.41. The van der Waals surface area contributed by atoms with Crippen LogP contribution in [0.3, 0.4) is 0 Å². The van der Waals surface area contributed by atoms with Crippen molar-refractivity contribution in [2.45, 2.75) is 20.0 Å². The third-order valence-electron chi connectivity index (χ3n) is 3.11. The van der Waals surface area contributed by atoms with Crippen LogP contribution in [-0.4, -0.2) is 24.5 Å². The van der Waals surface area contributed by atoms with Crippen LogP contribution in [-0.2, 0) is 9.53 Å². The molecule has 0 amide bonds. The minimum atomic E-state index is -0.770. The van der Waals surface area contributed by atoms with Crippen LogP contribution < -0.4 is 4.74 Å². The van der Waals surface area contributed by atoms with Gasteiger partial charge in [0.1, 0.15) is 5.75 Å². The van der Waals surface area contributed by atoms with Gasteiger partial charge >= 0.3 is 5.97 Å². The Balaban J connectivity index is 1.84. The van der Waals surface area contributed by atoms with E-state index in [0.29, 0.717) is 11.3 Å². The summed E-state index contributed by atoms with van der Waals surface area (Å²) >= 11 is 0. The lowest BCUT2D eigenvalue weighted by Crippen LogP contribution is -2.28. The highest BCUT2D eigenvalue weighted by molar-refractivity contribution is 5.98. The smallest absolute Gasteiger partial charge is 0.347 e. The number of carbonyl (C=O) groups is 2. The number of ether oxygens (including phenoxy) is 2. The molecule has 114 valence electrons. The Hall–Kier alpha value is -2.62. The minimum absolute atomic E-state index is 0.236. The molecule has 4 heteroatoms. The lowest BCUT2D eigenvalue weighted by atomic mass is 10.1. The molecule has 22 heavy (non-hydrogen) atoms. The van der Waals surface area contributed by atoms with Gasteiger partial charge in [-0.3, -0.25) is 4.79 Å². The van der Waals surface area contributed by atoms with Crippen LogP contribution in [0.5, 0.6) is 5.75 Å². The van der Waals surface area contributed by atoms with Gasteiger partial charge in [-0.2, -0.15) is 0 Å². The molecule has 4 nitrogen and oxygen atoms in total. The summed E-state index contributed by atoms with van der Waals surface area (Å²) < 4.78 is 10.5. The van der Waals surface area contributed by atoms with Crippen LogP contribution in [0, 0.1) is 6.92 Å². The van der Waals surface area contributed by atoms with Crippen LogP contribution in [0.1, 0.15) is 22.8 Å². The fourth-order valence-corrected chi connectivity index (χ4v) is 1.83. The standard InChI is InChI=1S/C18H18O4/c1-13-8-10-15(11-9-13)17(19)12-21-18(20)14(2)22-16-6-4-3-5-7-16/h3-11,14H,12H2,1-2H3. The molecule has 2 aromatic carbocycles. The number of rotatable bonds is 6. The van der Waals surface area contributed by atoms with Crippen molar-refractivity contribution in [1.29, 1.82) is 0 Å². The van der Waals surface area contributed by atoms with Crippen molar-refractivity contribution in [3.8, 4) is 5.75 Å². The lowest BCUT2D eigenvalue weighted by molar-refractivity contribution is -0.149. The summed E-state index contributed by atoms with van der Waals surface area (Å²) in [6.45, 7) is 3.24. The van der Waals surface area contributed by atoms with Gasteiger partial charge in [0.2, 0.25) is 0 Å². The average Bonchev–Trinajstić information content (AvgIpc) is 2.53. The first-order chi connectivity index (χ1) is 10.6. The van der Waals surface area contributed by atoms with E-state index in [1.165, 1.54) is 0 Å². The Kier molecular flexibility index (Phi) is 5.31. The first-order valence-corrected chi connectivity index (χ1v) is 7.04. The first-order valence-electron chi connectivity index (χ1n) is 7.04. The quantitative estimate of drug-likeness (QED) is 0.607. The Bertz CT molecular complexity index is 632. The van der Waals surface area contributed by atoms with Crippen molar-refractivity contribution in [3.05, 3.63) is 65.7 Å². The molecule has 0 spiro atoms. The summed E-state index contributed by atoms with van der Waals surface area (Å²) in [4.78, 5) is 23.8. The SMILES string of the molecule is Cc1ccc(C(=O)COC(=O)C(C)Oc2ccccc2)cc1. The number of aryl methyl sites for hydroxylation is 1. The molecule has 0 aromatic heterocycles. The van der Waals surface area contributed by atoms with Gasteiger partial charge in [0.05, 0.1) is 0 Å². The normalized spacial score (nSPS) is 11.5. The Morgan fingerprint density at radius 2 is 1.64 bits per heavy atom. The molecular formula is C18H18O4. The number of hydrogen-bond donors (Lipinski definition) is 0. The number of para-hydroxylation sites is 1. The Morgan fingerprint density at radius 1 is 1.00 bits per heavy atom. The fourth-order valence-electron chi connectivity index (χ4n) is 1.83. The Morgan fingerprint density at radius 3 is 2.27 bits per heavy atom. The lowest BCUT2D eigenvalue weighted by Gasteiger charge is -2.13. The van der Waals surface area contributed by atoms with Gasteiger partial charge in [-0.25, -0.2) is 4.79 Å². The monoisotopic (exact) mass is 298 g/mol. The molecule has 2 aromatic rings. The topological polar surface area (TPSA) is 52.6 Å². The highest BCUT2D eigenvalue weighted by atomic mass is 16.6. The molecule has 0 fully saturated rings. The van der Waals surface area contributed by atoms with Crippen LogP contribution in [0.15, 0.2) is 54.6 Å². The molecule has 0 bridgehead atoms. The van der Waals surface area contributed by atoms with Crippen molar-refractivity contribution in [3.63, 3.8) is 0 Å². The van der Waals surface area contributed by atoms with Crippen LogP contribution in [0.25, 0.3) is 0 Å². The Labute approximate surface area is 129 Å².